The number of benzene rings is 1. The van der Waals surface area contributed by atoms with Crippen LogP contribution >= 0.6 is 11.9 Å². The Labute approximate surface area is 256 Å². The quantitative estimate of drug-likeness (QED) is 0.270. The molecule has 0 aliphatic heterocycles. The molecule has 0 radical (unpaired) electrons. The highest BCUT2D eigenvalue weighted by molar-refractivity contribution is 7.98. The molecule has 4 aliphatic carbocycles. The van der Waals surface area contributed by atoms with Crippen LogP contribution in [0.2, 0.25) is 0 Å². The summed E-state index contributed by atoms with van der Waals surface area (Å²) in [5.41, 5.74) is 2.27. The molecule has 2 N–H and O–H groups in total. The zero-order valence-electron chi connectivity index (χ0n) is 27.0. The van der Waals surface area contributed by atoms with Crippen molar-refractivity contribution in [1.29, 1.82) is 0 Å². The first-order chi connectivity index (χ1) is 19.7. The van der Waals surface area contributed by atoms with E-state index in [0.717, 1.165) is 67.0 Å². The normalized spacial score (nSPS) is 36.9. The molecule has 0 aromatic heterocycles. The smallest absolute Gasteiger partial charge is 0.325 e. The van der Waals surface area contributed by atoms with Crippen molar-refractivity contribution in [3.8, 4) is 0 Å². The third-order valence-electron chi connectivity index (χ3n) is 12.7. The van der Waals surface area contributed by atoms with Crippen molar-refractivity contribution in [3.05, 3.63) is 24.3 Å². The van der Waals surface area contributed by atoms with Crippen molar-refractivity contribution in [1.82, 2.24) is 10.0 Å². The maximum Gasteiger partial charge on any atom is 0.325 e. The molecule has 9 atom stereocenters. The predicted octanol–water partition coefficient (Wildman–Crippen LogP) is 9.55. The van der Waals surface area contributed by atoms with Crippen LogP contribution in [0.5, 0.6) is 0 Å². The number of amides is 2. The second-order valence-electron chi connectivity index (χ2n) is 15.1. The van der Waals surface area contributed by atoms with Crippen molar-refractivity contribution < 1.29 is 4.79 Å². The molecule has 1 aromatic rings. The number of fused-ring (bicyclic) bond motifs is 5. The van der Waals surface area contributed by atoms with Gasteiger partial charge in [-0.05, 0) is 140 Å². The van der Waals surface area contributed by atoms with E-state index >= 15 is 0 Å². The van der Waals surface area contributed by atoms with Crippen LogP contribution in [0.15, 0.2) is 29.2 Å². The first-order valence-corrected chi connectivity index (χ1v) is 18.1. The Morgan fingerprint density at radius 2 is 1.76 bits per heavy atom. The minimum absolute atomic E-state index is 0.0630. The molecule has 5 heteroatoms. The number of carbonyl (C=O) groups is 1. The summed E-state index contributed by atoms with van der Waals surface area (Å²) in [6.45, 7) is 17.7. The molecule has 41 heavy (non-hydrogen) atoms. The monoisotopic (exact) mass is 581 g/mol. The van der Waals surface area contributed by atoms with Gasteiger partial charge in [0.05, 0.1) is 0 Å². The number of hydrogen-bond donors (Lipinski definition) is 2. The summed E-state index contributed by atoms with van der Waals surface area (Å²) in [4.78, 5) is 16.4. The molecule has 6 unspecified atom stereocenters. The fraction of sp³-hybridized carbons (Fsp3) is 0.806. The van der Waals surface area contributed by atoms with E-state index in [1.165, 1.54) is 75.4 Å². The standard InChI is InChI=1S/C36H59N3OS/c1-7-20-39(21-8-2)27-12-11-13-28(23-27)41-38-34(40)37-24-26(4)31-15-16-32-29-22-25(3)30-14-9-10-18-35(30,5)33(29)17-19-36(31,32)6/h11-13,23,25-26,29-33H,7-10,14-22,24H2,1-6H3,(H2,37,38,40)/t25-,26+,29?,30?,31?,32?,33-,35?,36?/m0/s1. The lowest BCUT2D eigenvalue weighted by atomic mass is 9.43. The summed E-state index contributed by atoms with van der Waals surface area (Å²) in [6, 6.07) is 8.52. The highest BCUT2D eigenvalue weighted by Crippen LogP contribution is 2.69. The van der Waals surface area contributed by atoms with Gasteiger partial charge in [0.25, 0.3) is 0 Å². The number of rotatable bonds is 10. The largest absolute Gasteiger partial charge is 0.372 e. The van der Waals surface area contributed by atoms with Crippen LogP contribution in [-0.4, -0.2) is 25.7 Å². The zero-order valence-corrected chi connectivity index (χ0v) is 27.8. The molecule has 2 amide bonds. The molecular weight excluding hydrogens is 522 g/mol. The Bertz CT molecular complexity index is 1030. The van der Waals surface area contributed by atoms with Crippen molar-refractivity contribution in [2.45, 2.75) is 117 Å². The third-order valence-corrected chi connectivity index (χ3v) is 13.5. The van der Waals surface area contributed by atoms with Gasteiger partial charge in [0, 0.05) is 30.2 Å². The van der Waals surface area contributed by atoms with Crippen LogP contribution in [0.1, 0.15) is 112 Å². The van der Waals surface area contributed by atoms with Gasteiger partial charge in [-0.15, -0.1) is 0 Å². The SMILES string of the molecule is CCCN(CCC)c1cccc(SNC(=O)NC[C@@H](C)C2CCC3C4C[C@H](C)C5CCCCC5(C)[C@H]4CCC32C)c1. The fourth-order valence-corrected chi connectivity index (χ4v) is 11.6. The maximum atomic E-state index is 12.9. The van der Waals surface area contributed by atoms with Crippen LogP contribution in [0, 0.1) is 52.3 Å². The highest BCUT2D eigenvalue weighted by Gasteiger charge is 2.61. The third kappa shape index (κ3) is 6.18. The lowest BCUT2D eigenvalue weighted by molar-refractivity contribution is -0.134. The number of urea groups is 1. The summed E-state index contributed by atoms with van der Waals surface area (Å²) in [5.74, 6) is 5.84. The maximum absolute atomic E-state index is 12.9. The number of hydrogen-bond acceptors (Lipinski definition) is 3. The Balaban J connectivity index is 1.15. The second-order valence-corrected chi connectivity index (χ2v) is 15.9. The number of nitrogens with zero attached hydrogens (tertiary/aromatic N) is 1. The van der Waals surface area contributed by atoms with E-state index in [9.17, 15) is 4.79 Å². The Morgan fingerprint density at radius 1 is 1.00 bits per heavy atom. The van der Waals surface area contributed by atoms with Crippen molar-refractivity contribution in [3.63, 3.8) is 0 Å². The van der Waals surface area contributed by atoms with Gasteiger partial charge in [-0.2, -0.15) is 0 Å². The predicted molar refractivity (Wildman–Crippen MR) is 175 cm³/mol. The summed E-state index contributed by atoms with van der Waals surface area (Å²) in [7, 11) is 0. The molecule has 1 aromatic carbocycles. The van der Waals surface area contributed by atoms with Crippen LogP contribution in [0.4, 0.5) is 10.5 Å². The van der Waals surface area contributed by atoms with Crippen molar-refractivity contribution in [2.75, 3.05) is 24.5 Å². The van der Waals surface area contributed by atoms with E-state index in [1.54, 1.807) is 0 Å². The lowest BCUT2D eigenvalue weighted by Gasteiger charge is -2.62. The first kappa shape index (κ1) is 31.1. The van der Waals surface area contributed by atoms with Crippen LogP contribution < -0.4 is 14.9 Å². The van der Waals surface area contributed by atoms with E-state index in [1.807, 2.05) is 0 Å². The molecule has 0 heterocycles. The fourth-order valence-electron chi connectivity index (χ4n) is 11.0. The van der Waals surface area contributed by atoms with E-state index in [0.29, 0.717) is 22.7 Å². The molecule has 4 saturated carbocycles. The average molecular weight is 582 g/mol. The van der Waals surface area contributed by atoms with Crippen LogP contribution in [0.3, 0.4) is 0 Å². The molecule has 4 aliphatic rings. The van der Waals surface area contributed by atoms with Crippen molar-refractivity contribution >= 4 is 23.7 Å². The molecule has 5 rings (SSSR count). The van der Waals surface area contributed by atoms with Gasteiger partial charge in [-0.3, -0.25) is 4.72 Å². The lowest BCUT2D eigenvalue weighted by Crippen LogP contribution is -2.55. The Kier molecular flexibility index (Phi) is 9.93. The average Bonchev–Trinajstić information content (AvgIpc) is 3.32. The molecule has 0 saturated heterocycles. The van der Waals surface area contributed by atoms with Crippen molar-refractivity contribution in [2.24, 2.45) is 52.3 Å². The van der Waals surface area contributed by atoms with Gasteiger partial charge in [0.1, 0.15) is 0 Å². The van der Waals surface area contributed by atoms with Gasteiger partial charge in [-0.25, -0.2) is 4.79 Å². The molecule has 4 fully saturated rings. The van der Waals surface area contributed by atoms with E-state index in [2.05, 4.69) is 80.7 Å². The van der Waals surface area contributed by atoms with E-state index in [-0.39, 0.29) is 6.03 Å². The van der Waals surface area contributed by atoms with Gasteiger partial charge in [0.2, 0.25) is 0 Å². The van der Waals surface area contributed by atoms with E-state index < -0.39 is 0 Å². The van der Waals surface area contributed by atoms with Gasteiger partial charge >= 0.3 is 6.03 Å². The van der Waals surface area contributed by atoms with Crippen LogP contribution in [-0.2, 0) is 0 Å². The van der Waals surface area contributed by atoms with E-state index in [4.69, 9.17) is 0 Å². The summed E-state index contributed by atoms with van der Waals surface area (Å²) < 4.78 is 3.06. The van der Waals surface area contributed by atoms with Gasteiger partial charge in [-0.1, -0.05) is 60.5 Å². The first-order valence-electron chi connectivity index (χ1n) is 17.3. The number of anilines is 1. The molecule has 0 bridgehead atoms. The van der Waals surface area contributed by atoms with Crippen LogP contribution in [0.25, 0.3) is 0 Å². The molecule has 4 nitrogen and oxygen atoms in total. The second kappa shape index (κ2) is 13.1. The Hall–Kier alpha value is -1.36. The van der Waals surface area contributed by atoms with Gasteiger partial charge < -0.3 is 10.2 Å². The highest BCUT2D eigenvalue weighted by atomic mass is 32.2. The summed E-state index contributed by atoms with van der Waals surface area (Å²) in [5, 5.41) is 3.25. The number of carbonyl (C=O) groups excluding carboxylic acids is 1. The molecule has 230 valence electrons. The topological polar surface area (TPSA) is 44.4 Å². The van der Waals surface area contributed by atoms with Gasteiger partial charge in [0.15, 0.2) is 0 Å². The molecule has 0 spiro atoms. The minimum Gasteiger partial charge on any atom is -0.372 e. The summed E-state index contributed by atoms with van der Waals surface area (Å²) >= 11 is 1.43. The minimum atomic E-state index is -0.0630. The zero-order chi connectivity index (χ0) is 29.2. The summed E-state index contributed by atoms with van der Waals surface area (Å²) in [6.07, 6.45) is 15.2. The molecular formula is C36H59N3OS. The number of nitrogens with one attached hydrogen (secondary N) is 2. The Morgan fingerprint density at radius 3 is 2.51 bits per heavy atom.